The zero-order valence-electron chi connectivity index (χ0n) is 14.2. The SMILES string of the molecule is C=C(C(=O)OC)N(C(=O)OCc1ccccc1)C(=O)OC(C)(C)C. The molecule has 24 heavy (non-hydrogen) atoms. The molecule has 0 spiro atoms. The number of rotatable bonds is 4. The van der Waals surface area contributed by atoms with Gasteiger partial charge in [-0.1, -0.05) is 36.9 Å². The highest BCUT2D eigenvalue weighted by atomic mass is 16.6. The van der Waals surface area contributed by atoms with Crippen molar-refractivity contribution in [3.63, 3.8) is 0 Å². The van der Waals surface area contributed by atoms with Crippen LogP contribution in [0.25, 0.3) is 0 Å². The maximum absolute atomic E-state index is 12.2. The van der Waals surface area contributed by atoms with Gasteiger partial charge in [-0.2, -0.15) is 4.90 Å². The van der Waals surface area contributed by atoms with E-state index in [1.165, 1.54) is 0 Å². The van der Waals surface area contributed by atoms with Crippen LogP contribution in [0.3, 0.4) is 0 Å². The third-order valence-corrected chi connectivity index (χ3v) is 2.65. The van der Waals surface area contributed by atoms with Crippen molar-refractivity contribution in [2.75, 3.05) is 7.11 Å². The molecule has 0 aliphatic rings. The predicted molar refractivity (Wildman–Crippen MR) is 85.9 cm³/mol. The first-order valence-corrected chi connectivity index (χ1v) is 7.16. The monoisotopic (exact) mass is 335 g/mol. The molecule has 0 N–H and O–H groups in total. The van der Waals surface area contributed by atoms with Gasteiger partial charge in [0, 0.05) is 0 Å². The maximum atomic E-state index is 12.2. The second-order valence-corrected chi connectivity index (χ2v) is 5.79. The van der Waals surface area contributed by atoms with E-state index in [9.17, 15) is 14.4 Å². The zero-order chi connectivity index (χ0) is 18.3. The summed E-state index contributed by atoms with van der Waals surface area (Å²) in [6.07, 6.45) is -2.15. The van der Waals surface area contributed by atoms with Gasteiger partial charge in [0.2, 0.25) is 0 Å². The van der Waals surface area contributed by atoms with Crippen molar-refractivity contribution in [1.29, 1.82) is 0 Å². The molecule has 1 aromatic carbocycles. The van der Waals surface area contributed by atoms with Gasteiger partial charge >= 0.3 is 18.2 Å². The fraction of sp³-hybridized carbons (Fsp3) is 0.353. The van der Waals surface area contributed by atoms with Crippen LogP contribution in [0.5, 0.6) is 0 Å². The third-order valence-electron chi connectivity index (χ3n) is 2.65. The van der Waals surface area contributed by atoms with Crippen LogP contribution in [0, 0.1) is 0 Å². The summed E-state index contributed by atoms with van der Waals surface area (Å²) >= 11 is 0. The number of methoxy groups -OCH3 is 1. The molecule has 2 amide bonds. The van der Waals surface area contributed by atoms with E-state index >= 15 is 0 Å². The molecule has 0 aliphatic carbocycles. The van der Waals surface area contributed by atoms with Gasteiger partial charge in [-0.05, 0) is 26.3 Å². The molecule has 0 saturated heterocycles. The van der Waals surface area contributed by atoms with Crippen molar-refractivity contribution in [3.05, 3.63) is 48.2 Å². The van der Waals surface area contributed by atoms with Crippen molar-refractivity contribution >= 4 is 18.2 Å². The number of hydrogen-bond donors (Lipinski definition) is 0. The van der Waals surface area contributed by atoms with E-state index in [1.807, 2.05) is 6.07 Å². The van der Waals surface area contributed by atoms with E-state index < -0.39 is 29.5 Å². The highest BCUT2D eigenvalue weighted by molar-refractivity contribution is 6.00. The molecule has 1 aromatic rings. The molecular formula is C17H21NO6. The molecule has 0 fully saturated rings. The van der Waals surface area contributed by atoms with Gasteiger partial charge < -0.3 is 14.2 Å². The number of hydrogen-bond acceptors (Lipinski definition) is 6. The van der Waals surface area contributed by atoms with Crippen LogP contribution in [0.1, 0.15) is 26.3 Å². The van der Waals surface area contributed by atoms with Crippen LogP contribution in [-0.2, 0) is 25.6 Å². The summed E-state index contributed by atoms with van der Waals surface area (Å²) in [4.78, 5) is 36.5. The number of benzene rings is 1. The van der Waals surface area contributed by atoms with E-state index in [0.29, 0.717) is 4.90 Å². The molecule has 7 nitrogen and oxygen atoms in total. The minimum absolute atomic E-state index is 0.0760. The molecule has 0 heterocycles. The molecule has 0 atom stereocenters. The summed E-state index contributed by atoms with van der Waals surface area (Å²) in [5, 5.41) is 0. The van der Waals surface area contributed by atoms with E-state index in [0.717, 1.165) is 12.7 Å². The highest BCUT2D eigenvalue weighted by Gasteiger charge is 2.34. The molecule has 0 saturated carbocycles. The van der Waals surface area contributed by atoms with Gasteiger partial charge in [0.1, 0.15) is 17.9 Å². The Morgan fingerprint density at radius 3 is 2.17 bits per heavy atom. The topological polar surface area (TPSA) is 82.1 Å². The van der Waals surface area contributed by atoms with Gasteiger partial charge in [0.25, 0.3) is 0 Å². The van der Waals surface area contributed by atoms with Gasteiger partial charge in [0.15, 0.2) is 0 Å². The number of carbonyl (C=O) groups excluding carboxylic acids is 3. The van der Waals surface area contributed by atoms with Gasteiger partial charge in [-0.25, -0.2) is 14.4 Å². The lowest BCUT2D eigenvalue weighted by Crippen LogP contribution is -2.42. The Bertz CT molecular complexity index is 618. The largest absolute Gasteiger partial charge is 0.464 e. The summed E-state index contributed by atoms with van der Waals surface area (Å²) in [5.41, 5.74) is -0.644. The molecule has 0 radical (unpaired) electrons. The van der Waals surface area contributed by atoms with Crippen molar-refractivity contribution in [1.82, 2.24) is 4.90 Å². The Balaban J connectivity index is 2.90. The first-order valence-electron chi connectivity index (χ1n) is 7.16. The molecular weight excluding hydrogens is 314 g/mol. The van der Waals surface area contributed by atoms with Crippen LogP contribution < -0.4 is 0 Å². The fourth-order valence-corrected chi connectivity index (χ4v) is 1.60. The van der Waals surface area contributed by atoms with E-state index in [2.05, 4.69) is 11.3 Å². The Morgan fingerprint density at radius 2 is 1.67 bits per heavy atom. The fourth-order valence-electron chi connectivity index (χ4n) is 1.60. The first-order chi connectivity index (χ1) is 11.2. The van der Waals surface area contributed by atoms with Crippen molar-refractivity contribution in [2.45, 2.75) is 33.0 Å². The molecule has 130 valence electrons. The zero-order valence-corrected chi connectivity index (χ0v) is 14.2. The summed E-state index contributed by atoms with van der Waals surface area (Å²) < 4.78 is 14.7. The minimum Gasteiger partial charge on any atom is -0.464 e. The second-order valence-electron chi connectivity index (χ2n) is 5.79. The number of carbonyl (C=O) groups is 3. The average molecular weight is 335 g/mol. The normalized spacial score (nSPS) is 10.5. The molecule has 0 unspecified atom stereocenters. The molecule has 0 aliphatic heterocycles. The molecule has 0 bridgehead atoms. The summed E-state index contributed by atoms with van der Waals surface area (Å²) in [7, 11) is 1.11. The van der Waals surface area contributed by atoms with Crippen molar-refractivity contribution in [3.8, 4) is 0 Å². The predicted octanol–water partition coefficient (Wildman–Crippen LogP) is 3.25. The number of ether oxygens (including phenoxy) is 3. The molecule has 1 rings (SSSR count). The number of amides is 2. The second kappa shape index (κ2) is 8.14. The number of nitrogens with zero attached hydrogens (tertiary/aromatic N) is 1. The van der Waals surface area contributed by atoms with Crippen LogP contribution in [0.4, 0.5) is 9.59 Å². The molecule has 7 heteroatoms. The minimum atomic E-state index is -1.08. The van der Waals surface area contributed by atoms with Crippen LogP contribution in [0.2, 0.25) is 0 Å². The van der Waals surface area contributed by atoms with Crippen LogP contribution in [-0.4, -0.2) is 35.8 Å². The Labute approximate surface area is 140 Å². The van der Waals surface area contributed by atoms with E-state index in [-0.39, 0.29) is 6.61 Å². The Morgan fingerprint density at radius 1 is 1.08 bits per heavy atom. The van der Waals surface area contributed by atoms with Gasteiger partial charge in [-0.3, -0.25) is 0 Å². The Hall–Kier alpha value is -2.83. The molecule has 0 aromatic heterocycles. The standard InChI is InChI=1S/C17H21NO6/c1-12(14(19)22-5)18(16(21)24-17(2,3)4)15(20)23-11-13-9-7-6-8-10-13/h6-10H,1,11H2,2-5H3. The summed E-state index contributed by atoms with van der Waals surface area (Å²) in [6, 6.07) is 8.88. The lowest BCUT2D eigenvalue weighted by Gasteiger charge is -2.25. The van der Waals surface area contributed by atoms with E-state index in [1.54, 1.807) is 45.0 Å². The lowest BCUT2D eigenvalue weighted by atomic mass is 10.2. The van der Waals surface area contributed by atoms with Crippen LogP contribution in [0.15, 0.2) is 42.6 Å². The number of imide groups is 1. The average Bonchev–Trinajstić information content (AvgIpc) is 2.51. The highest BCUT2D eigenvalue weighted by Crippen LogP contribution is 2.16. The summed E-state index contributed by atoms with van der Waals surface area (Å²) in [6.45, 7) is 8.20. The quantitative estimate of drug-likeness (QED) is 0.477. The van der Waals surface area contributed by atoms with Gasteiger partial charge in [-0.15, -0.1) is 0 Å². The summed E-state index contributed by atoms with van der Waals surface area (Å²) in [5.74, 6) is -0.947. The Kier molecular flexibility index (Phi) is 6.52. The lowest BCUT2D eigenvalue weighted by molar-refractivity contribution is -0.137. The first kappa shape index (κ1) is 19.2. The van der Waals surface area contributed by atoms with E-state index in [4.69, 9.17) is 9.47 Å². The van der Waals surface area contributed by atoms with Crippen molar-refractivity contribution < 1.29 is 28.6 Å². The maximum Gasteiger partial charge on any atom is 0.424 e. The third kappa shape index (κ3) is 5.75. The van der Waals surface area contributed by atoms with Crippen molar-refractivity contribution in [2.24, 2.45) is 0 Å². The van der Waals surface area contributed by atoms with Crippen LogP contribution >= 0.6 is 0 Å². The number of esters is 1. The van der Waals surface area contributed by atoms with Gasteiger partial charge in [0.05, 0.1) is 7.11 Å². The smallest absolute Gasteiger partial charge is 0.424 e.